The predicted octanol–water partition coefficient (Wildman–Crippen LogP) is 7.86. The lowest BCUT2D eigenvalue weighted by atomic mass is 10.0. The quantitative estimate of drug-likeness (QED) is 0.209. The number of carboxylic acid groups (broad SMARTS) is 1. The molecule has 0 aliphatic carbocycles. The Balaban J connectivity index is 1.56. The lowest BCUT2D eigenvalue weighted by Gasteiger charge is -2.21. The van der Waals surface area contributed by atoms with Crippen molar-refractivity contribution < 1.29 is 32.6 Å². The number of ether oxygens (including phenoxy) is 1. The molecule has 0 radical (unpaired) electrons. The van der Waals surface area contributed by atoms with Crippen LogP contribution in [0.3, 0.4) is 0 Å². The summed E-state index contributed by atoms with van der Waals surface area (Å²) in [4.78, 5) is 22.9. The molecule has 8 heteroatoms. The van der Waals surface area contributed by atoms with Crippen LogP contribution in [0.1, 0.15) is 61.4 Å². The van der Waals surface area contributed by atoms with Gasteiger partial charge in [0.25, 0.3) is 0 Å². The number of hydrogen-bond acceptors (Lipinski definition) is 4. The zero-order valence-electron chi connectivity index (χ0n) is 21.3. The second-order valence-electron chi connectivity index (χ2n) is 9.14. The molecule has 38 heavy (non-hydrogen) atoms. The summed E-state index contributed by atoms with van der Waals surface area (Å²) >= 11 is 0. The largest absolute Gasteiger partial charge is 0.491 e. The molecule has 0 aromatic heterocycles. The SMILES string of the molecule is CCCC[C@@H](COc1ccc(-c2ccc(C(F)(F)F)cc2)cc1)Nc1ccc(C(=O)CCCC(=O)O)cc1. The number of aliphatic carboxylic acids is 1. The molecule has 0 bridgehead atoms. The number of Topliss-reactive ketones (excluding diaryl/α,β-unsaturated/α-hetero) is 1. The van der Waals surface area contributed by atoms with Crippen molar-refractivity contribution >= 4 is 17.4 Å². The lowest BCUT2D eigenvalue weighted by Crippen LogP contribution is -2.27. The third kappa shape index (κ3) is 8.94. The number of alkyl halides is 3. The maximum Gasteiger partial charge on any atom is 0.416 e. The average Bonchev–Trinajstić information content (AvgIpc) is 2.90. The maximum atomic E-state index is 12.8. The molecule has 0 saturated carbocycles. The highest BCUT2D eigenvalue weighted by atomic mass is 19.4. The molecule has 1 atom stereocenters. The van der Waals surface area contributed by atoms with E-state index < -0.39 is 17.7 Å². The van der Waals surface area contributed by atoms with Crippen molar-refractivity contribution in [1.29, 1.82) is 0 Å². The summed E-state index contributed by atoms with van der Waals surface area (Å²) in [6.45, 7) is 2.53. The summed E-state index contributed by atoms with van der Waals surface area (Å²) in [5.41, 5.74) is 2.22. The molecular formula is C30H32F3NO4. The first-order valence-electron chi connectivity index (χ1n) is 12.7. The van der Waals surface area contributed by atoms with E-state index in [9.17, 15) is 22.8 Å². The highest BCUT2D eigenvalue weighted by Crippen LogP contribution is 2.31. The first-order valence-corrected chi connectivity index (χ1v) is 12.7. The van der Waals surface area contributed by atoms with E-state index in [1.165, 1.54) is 12.1 Å². The van der Waals surface area contributed by atoms with Gasteiger partial charge in [0.2, 0.25) is 0 Å². The summed E-state index contributed by atoms with van der Waals surface area (Å²) in [6, 6.07) is 19.5. The van der Waals surface area contributed by atoms with Crippen molar-refractivity contribution in [1.82, 2.24) is 0 Å². The third-order valence-electron chi connectivity index (χ3n) is 6.13. The summed E-state index contributed by atoms with van der Waals surface area (Å²) in [6.07, 6.45) is -0.947. The Kier molecular flexibility index (Phi) is 10.3. The van der Waals surface area contributed by atoms with Crippen LogP contribution in [0.15, 0.2) is 72.8 Å². The van der Waals surface area contributed by atoms with E-state index in [0.717, 1.165) is 42.6 Å². The Morgan fingerprint density at radius 2 is 1.47 bits per heavy atom. The Morgan fingerprint density at radius 3 is 2.03 bits per heavy atom. The Bertz CT molecular complexity index is 1170. The molecule has 0 fully saturated rings. The zero-order chi connectivity index (χ0) is 27.5. The number of anilines is 1. The first kappa shape index (κ1) is 28.8. The fraction of sp³-hybridized carbons (Fsp3) is 0.333. The predicted molar refractivity (Wildman–Crippen MR) is 142 cm³/mol. The highest BCUT2D eigenvalue weighted by molar-refractivity contribution is 5.96. The van der Waals surface area contributed by atoms with Crippen LogP contribution in [0, 0.1) is 0 Å². The maximum absolute atomic E-state index is 12.8. The number of halogens is 3. The first-order chi connectivity index (χ1) is 18.2. The smallest absolute Gasteiger partial charge is 0.416 e. The van der Waals surface area contributed by atoms with Crippen LogP contribution in [0.25, 0.3) is 11.1 Å². The molecule has 2 N–H and O–H groups in total. The van der Waals surface area contributed by atoms with E-state index in [1.807, 2.05) is 24.3 Å². The van der Waals surface area contributed by atoms with Crippen molar-refractivity contribution in [3.8, 4) is 16.9 Å². The number of hydrogen-bond donors (Lipinski definition) is 2. The van der Waals surface area contributed by atoms with Crippen LogP contribution < -0.4 is 10.1 Å². The monoisotopic (exact) mass is 527 g/mol. The van der Waals surface area contributed by atoms with E-state index in [1.54, 1.807) is 24.3 Å². The molecular weight excluding hydrogens is 495 g/mol. The van der Waals surface area contributed by atoms with Crippen LogP contribution in [-0.2, 0) is 11.0 Å². The van der Waals surface area contributed by atoms with Crippen molar-refractivity contribution in [2.75, 3.05) is 11.9 Å². The molecule has 0 aliphatic heterocycles. The Hall–Kier alpha value is -3.81. The van der Waals surface area contributed by atoms with E-state index in [-0.39, 0.29) is 24.7 Å². The molecule has 0 saturated heterocycles. The van der Waals surface area contributed by atoms with Gasteiger partial charge in [0.15, 0.2) is 5.78 Å². The zero-order valence-corrected chi connectivity index (χ0v) is 21.3. The van der Waals surface area contributed by atoms with Gasteiger partial charge in [-0.15, -0.1) is 0 Å². The highest BCUT2D eigenvalue weighted by Gasteiger charge is 2.29. The van der Waals surface area contributed by atoms with Crippen LogP contribution >= 0.6 is 0 Å². The molecule has 0 unspecified atom stereocenters. The van der Waals surface area contributed by atoms with Gasteiger partial charge in [-0.25, -0.2) is 0 Å². The van der Waals surface area contributed by atoms with E-state index in [0.29, 0.717) is 29.9 Å². The number of carbonyl (C=O) groups is 2. The number of unbranched alkanes of at least 4 members (excludes halogenated alkanes) is 1. The van der Waals surface area contributed by atoms with Crippen molar-refractivity contribution in [3.05, 3.63) is 83.9 Å². The number of carboxylic acids is 1. The Labute approximate surface area is 220 Å². The average molecular weight is 528 g/mol. The minimum Gasteiger partial charge on any atom is -0.491 e. The van der Waals surface area contributed by atoms with Crippen molar-refractivity contribution in [2.45, 2.75) is 57.7 Å². The van der Waals surface area contributed by atoms with Crippen LogP contribution in [0.5, 0.6) is 5.75 Å². The lowest BCUT2D eigenvalue weighted by molar-refractivity contribution is -0.138. The van der Waals surface area contributed by atoms with Crippen LogP contribution in [-0.4, -0.2) is 29.5 Å². The summed E-state index contributed by atoms with van der Waals surface area (Å²) in [5, 5.41) is 12.2. The van der Waals surface area contributed by atoms with Gasteiger partial charge in [-0.1, -0.05) is 44.0 Å². The molecule has 3 aromatic rings. The van der Waals surface area contributed by atoms with Gasteiger partial charge in [-0.05, 0) is 72.5 Å². The van der Waals surface area contributed by atoms with Crippen molar-refractivity contribution in [2.24, 2.45) is 0 Å². The number of nitrogens with one attached hydrogen (secondary N) is 1. The second-order valence-corrected chi connectivity index (χ2v) is 9.14. The Morgan fingerprint density at radius 1 is 0.868 bits per heavy atom. The minimum atomic E-state index is -4.36. The van der Waals surface area contributed by atoms with Gasteiger partial charge < -0.3 is 15.2 Å². The molecule has 3 aromatic carbocycles. The normalized spacial score (nSPS) is 12.1. The molecule has 0 amide bonds. The van der Waals surface area contributed by atoms with Gasteiger partial charge in [0.1, 0.15) is 12.4 Å². The number of rotatable bonds is 14. The van der Waals surface area contributed by atoms with E-state index >= 15 is 0 Å². The molecule has 202 valence electrons. The number of carbonyl (C=O) groups excluding carboxylic acids is 1. The topological polar surface area (TPSA) is 75.6 Å². The van der Waals surface area contributed by atoms with Gasteiger partial charge in [-0.3, -0.25) is 9.59 Å². The molecule has 0 heterocycles. The number of ketones is 1. The standard InChI is InChI=1S/C30H32F3NO4/c1-2-3-5-26(34-25-16-10-23(11-17-25)28(35)6-4-7-29(36)37)20-38-27-18-12-22(13-19-27)21-8-14-24(15-9-21)30(31,32)33/h8-19,26,34H,2-7,20H2,1H3,(H,36,37)/t26-/m0/s1. The summed E-state index contributed by atoms with van der Waals surface area (Å²) in [5.74, 6) is -0.331. The minimum absolute atomic E-state index is 0.0255. The van der Waals surface area contributed by atoms with Gasteiger partial charge in [-0.2, -0.15) is 13.2 Å². The molecule has 3 rings (SSSR count). The van der Waals surface area contributed by atoms with Gasteiger partial charge in [0.05, 0.1) is 11.6 Å². The third-order valence-corrected chi connectivity index (χ3v) is 6.13. The molecule has 5 nitrogen and oxygen atoms in total. The fourth-order valence-corrected chi connectivity index (χ4v) is 3.97. The number of benzene rings is 3. The van der Waals surface area contributed by atoms with E-state index in [4.69, 9.17) is 9.84 Å². The summed E-state index contributed by atoms with van der Waals surface area (Å²) < 4.78 is 44.4. The fourth-order valence-electron chi connectivity index (χ4n) is 3.97. The van der Waals surface area contributed by atoms with E-state index in [2.05, 4.69) is 12.2 Å². The van der Waals surface area contributed by atoms with Gasteiger partial charge in [0, 0.05) is 24.1 Å². The molecule has 0 spiro atoms. The van der Waals surface area contributed by atoms with Crippen molar-refractivity contribution in [3.63, 3.8) is 0 Å². The van der Waals surface area contributed by atoms with Gasteiger partial charge >= 0.3 is 12.1 Å². The summed E-state index contributed by atoms with van der Waals surface area (Å²) in [7, 11) is 0. The molecule has 0 aliphatic rings. The van der Waals surface area contributed by atoms with Crippen LogP contribution in [0.2, 0.25) is 0 Å². The van der Waals surface area contributed by atoms with Crippen LogP contribution in [0.4, 0.5) is 18.9 Å². The second kappa shape index (κ2) is 13.7.